The Balaban J connectivity index is 1.79. The predicted octanol–water partition coefficient (Wildman–Crippen LogP) is 2.45. The van der Waals surface area contributed by atoms with Gasteiger partial charge in [-0.1, -0.05) is 6.42 Å². The molecule has 1 aromatic rings. The fourth-order valence-corrected chi connectivity index (χ4v) is 4.12. The maximum absolute atomic E-state index is 12.7. The van der Waals surface area contributed by atoms with Crippen LogP contribution in [0.4, 0.5) is 0 Å². The Hall–Kier alpha value is -1.29. The quantitative estimate of drug-likeness (QED) is 0.831. The van der Waals surface area contributed by atoms with Crippen LogP contribution in [-0.2, 0) is 11.8 Å². The van der Waals surface area contributed by atoms with Gasteiger partial charge in [-0.25, -0.2) is 0 Å². The first-order chi connectivity index (χ1) is 9.66. The zero-order valence-electron chi connectivity index (χ0n) is 12.5. The molecule has 20 heavy (non-hydrogen) atoms. The van der Waals surface area contributed by atoms with Crippen LogP contribution in [0.1, 0.15) is 42.6 Å². The Morgan fingerprint density at radius 2 is 2.20 bits per heavy atom. The van der Waals surface area contributed by atoms with Crippen LogP contribution >= 0.6 is 0 Å². The number of amides is 1. The number of nitrogens with zero attached hydrogens (tertiary/aromatic N) is 2. The van der Waals surface area contributed by atoms with E-state index in [0.29, 0.717) is 6.10 Å². The molecule has 4 heteroatoms. The standard InChI is InChI=1S/C16H24N2O2/c1-17-10-4-6-13(17)15(19)18-11-5-9-16(12-18)8-3-7-14(16)20-2/h4,6,10,14H,3,5,7-9,11-12H2,1-2H3/t14-,16+/m1/s1. The molecule has 0 N–H and O–H groups in total. The lowest BCUT2D eigenvalue weighted by Crippen LogP contribution is -2.50. The second-order valence-corrected chi connectivity index (χ2v) is 6.31. The Morgan fingerprint density at radius 1 is 1.40 bits per heavy atom. The number of carbonyl (C=O) groups is 1. The Labute approximate surface area is 120 Å². The number of likely N-dealkylation sites (tertiary alicyclic amines) is 1. The van der Waals surface area contributed by atoms with E-state index in [4.69, 9.17) is 4.74 Å². The average Bonchev–Trinajstić information content (AvgIpc) is 3.04. The molecule has 3 rings (SSSR count). The van der Waals surface area contributed by atoms with Crippen molar-refractivity contribution < 1.29 is 9.53 Å². The molecule has 2 fully saturated rings. The molecule has 2 aliphatic rings. The van der Waals surface area contributed by atoms with Crippen molar-refractivity contribution in [3.63, 3.8) is 0 Å². The van der Waals surface area contributed by atoms with Gasteiger partial charge < -0.3 is 14.2 Å². The third-order valence-corrected chi connectivity index (χ3v) is 5.17. The molecule has 2 atom stereocenters. The van der Waals surface area contributed by atoms with E-state index in [1.165, 1.54) is 19.3 Å². The zero-order chi connectivity index (χ0) is 14.2. The zero-order valence-corrected chi connectivity index (χ0v) is 12.5. The summed E-state index contributed by atoms with van der Waals surface area (Å²) in [5, 5.41) is 0. The molecule has 1 spiro atoms. The summed E-state index contributed by atoms with van der Waals surface area (Å²) in [7, 11) is 3.75. The molecule has 0 unspecified atom stereocenters. The summed E-state index contributed by atoms with van der Waals surface area (Å²) in [5.41, 5.74) is 0.988. The molecule has 0 bridgehead atoms. The summed E-state index contributed by atoms with van der Waals surface area (Å²) in [6.07, 6.45) is 8.11. The molecule has 0 radical (unpaired) electrons. The van der Waals surface area contributed by atoms with Crippen LogP contribution in [0.3, 0.4) is 0 Å². The Bertz CT molecular complexity index is 496. The minimum absolute atomic E-state index is 0.165. The Kier molecular flexibility index (Phi) is 3.59. The molecule has 2 heterocycles. The third kappa shape index (κ3) is 2.16. The molecule has 1 aliphatic heterocycles. The molecule has 1 saturated heterocycles. The molecular weight excluding hydrogens is 252 g/mol. The molecule has 110 valence electrons. The molecule has 1 aromatic heterocycles. The summed E-state index contributed by atoms with van der Waals surface area (Å²) in [6, 6.07) is 3.84. The number of piperidine rings is 1. The molecule has 1 aliphatic carbocycles. The van der Waals surface area contributed by atoms with E-state index in [1.54, 1.807) is 0 Å². The molecule has 1 amide bonds. The van der Waals surface area contributed by atoms with Gasteiger partial charge in [0.15, 0.2) is 0 Å². The van der Waals surface area contributed by atoms with Gasteiger partial charge in [0.05, 0.1) is 6.10 Å². The van der Waals surface area contributed by atoms with Crippen molar-refractivity contribution in [1.29, 1.82) is 0 Å². The maximum atomic E-state index is 12.7. The number of ether oxygens (including phenoxy) is 1. The second-order valence-electron chi connectivity index (χ2n) is 6.31. The van der Waals surface area contributed by atoms with E-state index in [-0.39, 0.29) is 11.3 Å². The van der Waals surface area contributed by atoms with Crippen molar-refractivity contribution in [3.05, 3.63) is 24.0 Å². The van der Waals surface area contributed by atoms with Crippen LogP contribution in [0.5, 0.6) is 0 Å². The van der Waals surface area contributed by atoms with Crippen molar-refractivity contribution >= 4 is 5.91 Å². The van der Waals surface area contributed by atoms with Crippen LogP contribution in [0.2, 0.25) is 0 Å². The van der Waals surface area contributed by atoms with Gasteiger partial charge in [0, 0.05) is 38.9 Å². The topological polar surface area (TPSA) is 34.5 Å². The summed E-state index contributed by atoms with van der Waals surface area (Å²) in [6.45, 7) is 1.73. The monoisotopic (exact) mass is 276 g/mol. The number of carbonyl (C=O) groups excluding carboxylic acids is 1. The number of methoxy groups -OCH3 is 1. The van der Waals surface area contributed by atoms with Gasteiger partial charge in [0.1, 0.15) is 5.69 Å². The van der Waals surface area contributed by atoms with Gasteiger partial charge in [-0.15, -0.1) is 0 Å². The summed E-state index contributed by atoms with van der Waals surface area (Å²) in [5.74, 6) is 0.165. The fraction of sp³-hybridized carbons (Fsp3) is 0.688. The molecule has 4 nitrogen and oxygen atoms in total. The highest BCUT2D eigenvalue weighted by Gasteiger charge is 2.46. The van der Waals surface area contributed by atoms with Gasteiger partial charge in [0.25, 0.3) is 5.91 Å². The lowest BCUT2D eigenvalue weighted by molar-refractivity contribution is -0.0297. The van der Waals surface area contributed by atoms with Crippen LogP contribution in [-0.4, -0.2) is 41.7 Å². The lowest BCUT2D eigenvalue weighted by atomic mass is 9.76. The minimum Gasteiger partial charge on any atom is -0.381 e. The van der Waals surface area contributed by atoms with Crippen molar-refractivity contribution in [2.24, 2.45) is 12.5 Å². The van der Waals surface area contributed by atoms with E-state index >= 15 is 0 Å². The summed E-state index contributed by atoms with van der Waals surface area (Å²) < 4.78 is 7.61. The number of aryl methyl sites for hydroxylation is 1. The van der Waals surface area contributed by atoms with E-state index < -0.39 is 0 Å². The first-order valence-corrected chi connectivity index (χ1v) is 7.60. The minimum atomic E-state index is 0.165. The van der Waals surface area contributed by atoms with Crippen LogP contribution in [0, 0.1) is 5.41 Å². The van der Waals surface area contributed by atoms with Crippen LogP contribution < -0.4 is 0 Å². The van der Waals surface area contributed by atoms with E-state index in [1.807, 2.05) is 42.0 Å². The first-order valence-electron chi connectivity index (χ1n) is 7.60. The largest absolute Gasteiger partial charge is 0.381 e. The predicted molar refractivity (Wildman–Crippen MR) is 77.6 cm³/mol. The summed E-state index contributed by atoms with van der Waals surface area (Å²) in [4.78, 5) is 14.7. The van der Waals surface area contributed by atoms with Gasteiger partial charge in [-0.2, -0.15) is 0 Å². The smallest absolute Gasteiger partial charge is 0.270 e. The van der Waals surface area contributed by atoms with Crippen molar-refractivity contribution in [3.8, 4) is 0 Å². The highest BCUT2D eigenvalue weighted by atomic mass is 16.5. The van der Waals surface area contributed by atoms with Crippen molar-refractivity contribution in [2.75, 3.05) is 20.2 Å². The summed E-state index contributed by atoms with van der Waals surface area (Å²) >= 11 is 0. The number of hydrogen-bond donors (Lipinski definition) is 0. The van der Waals surface area contributed by atoms with Gasteiger partial charge in [-0.3, -0.25) is 4.79 Å². The van der Waals surface area contributed by atoms with Gasteiger partial charge >= 0.3 is 0 Å². The third-order valence-electron chi connectivity index (χ3n) is 5.17. The SMILES string of the molecule is CO[C@@H]1CCC[C@@]12CCCN(C(=O)c1cccn1C)C2. The van der Waals surface area contributed by atoms with Crippen LogP contribution in [0.15, 0.2) is 18.3 Å². The number of rotatable bonds is 2. The average molecular weight is 276 g/mol. The highest BCUT2D eigenvalue weighted by Crippen LogP contribution is 2.46. The van der Waals surface area contributed by atoms with Crippen molar-refractivity contribution in [2.45, 2.75) is 38.2 Å². The van der Waals surface area contributed by atoms with Gasteiger partial charge in [0.2, 0.25) is 0 Å². The lowest BCUT2D eigenvalue weighted by Gasteiger charge is -2.43. The normalized spacial score (nSPS) is 30.1. The molecule has 0 aromatic carbocycles. The fourth-order valence-electron chi connectivity index (χ4n) is 4.12. The Morgan fingerprint density at radius 3 is 2.90 bits per heavy atom. The van der Waals surface area contributed by atoms with Crippen LogP contribution in [0.25, 0.3) is 0 Å². The van der Waals surface area contributed by atoms with Crippen molar-refractivity contribution in [1.82, 2.24) is 9.47 Å². The number of aromatic nitrogens is 1. The maximum Gasteiger partial charge on any atom is 0.270 e. The number of hydrogen-bond acceptors (Lipinski definition) is 2. The van der Waals surface area contributed by atoms with E-state index in [0.717, 1.165) is 31.6 Å². The van der Waals surface area contributed by atoms with Gasteiger partial charge in [-0.05, 0) is 37.8 Å². The highest BCUT2D eigenvalue weighted by molar-refractivity contribution is 5.92. The van der Waals surface area contributed by atoms with E-state index in [9.17, 15) is 4.79 Å². The van der Waals surface area contributed by atoms with E-state index in [2.05, 4.69) is 0 Å². The molecule has 1 saturated carbocycles. The second kappa shape index (κ2) is 5.24. The molecular formula is C16H24N2O2. The first kappa shape index (κ1) is 13.7.